The summed E-state index contributed by atoms with van der Waals surface area (Å²) in [6.45, 7) is 11.2. The number of hydrogen-bond acceptors (Lipinski definition) is 5. The number of carbonyl (C=O) groups excluding carboxylic acids is 1. The predicted molar refractivity (Wildman–Crippen MR) is 123 cm³/mol. The summed E-state index contributed by atoms with van der Waals surface area (Å²) in [6, 6.07) is 6.01. The van der Waals surface area contributed by atoms with Gasteiger partial charge in [0.1, 0.15) is 0 Å². The maximum absolute atomic E-state index is 13.0. The van der Waals surface area contributed by atoms with E-state index in [0.717, 1.165) is 30.0 Å². The van der Waals surface area contributed by atoms with Crippen LogP contribution in [0.15, 0.2) is 35.7 Å². The Morgan fingerprint density at radius 3 is 2.61 bits per heavy atom. The third kappa shape index (κ3) is 5.10. The number of carbonyl (C=O) groups is 1. The number of piperidine rings is 1. The van der Waals surface area contributed by atoms with E-state index in [2.05, 4.69) is 35.1 Å². The number of sulfonamides is 1. The van der Waals surface area contributed by atoms with Crippen LogP contribution in [0.5, 0.6) is 0 Å². The number of anilines is 2. The van der Waals surface area contributed by atoms with Crippen molar-refractivity contribution in [3.63, 3.8) is 0 Å². The van der Waals surface area contributed by atoms with Crippen molar-refractivity contribution >= 4 is 27.3 Å². The number of benzene rings is 1. The number of hydrogen-bond donors (Lipinski definition) is 1. The summed E-state index contributed by atoms with van der Waals surface area (Å²) in [6.07, 6.45) is 4.37. The van der Waals surface area contributed by atoms with Crippen molar-refractivity contribution in [3.05, 3.63) is 36.3 Å². The van der Waals surface area contributed by atoms with Crippen molar-refractivity contribution in [1.29, 1.82) is 0 Å². The van der Waals surface area contributed by atoms with Gasteiger partial charge in [0.25, 0.3) is 10.0 Å². The minimum absolute atomic E-state index is 0.0400. The summed E-state index contributed by atoms with van der Waals surface area (Å²) >= 11 is 0. The maximum atomic E-state index is 13.0. The van der Waals surface area contributed by atoms with Crippen LogP contribution >= 0.6 is 0 Å². The predicted octanol–water partition coefficient (Wildman–Crippen LogP) is 3.10. The van der Waals surface area contributed by atoms with Gasteiger partial charge in [-0.3, -0.25) is 4.79 Å². The monoisotopic (exact) mass is 447 g/mol. The fourth-order valence-corrected chi connectivity index (χ4v) is 5.42. The van der Waals surface area contributed by atoms with E-state index in [9.17, 15) is 13.2 Å². The third-order valence-corrected chi connectivity index (χ3v) is 7.68. The summed E-state index contributed by atoms with van der Waals surface area (Å²) in [4.78, 5) is 19.2. The summed E-state index contributed by atoms with van der Waals surface area (Å²) in [5.74, 6) is -0.531. The van der Waals surface area contributed by atoms with Gasteiger partial charge in [0.05, 0.1) is 12.2 Å². The van der Waals surface area contributed by atoms with Gasteiger partial charge in [-0.05, 0) is 64.3 Å². The van der Waals surface area contributed by atoms with Crippen LogP contribution in [0.3, 0.4) is 0 Å². The molecule has 170 valence electrons. The second-order valence-electron chi connectivity index (χ2n) is 7.91. The third-order valence-electron chi connectivity index (χ3n) is 5.93. The smallest absolute Gasteiger partial charge is 0.262 e. The second-order valence-corrected chi connectivity index (χ2v) is 9.79. The topological polar surface area (TPSA) is 87.5 Å². The number of amides is 1. The molecule has 2 aromatic rings. The van der Waals surface area contributed by atoms with Crippen LogP contribution in [0.1, 0.15) is 39.2 Å². The largest absolute Gasteiger partial charge is 0.372 e. The second kappa shape index (κ2) is 9.82. The Morgan fingerprint density at radius 2 is 2.00 bits per heavy atom. The first-order valence-corrected chi connectivity index (χ1v) is 12.4. The lowest BCUT2D eigenvalue weighted by molar-refractivity contribution is -0.120. The SMILES string of the molecule is CCN(CC)c1ccc(NC(=O)C2CCCN(S(=O)(=O)c3cn(CC)cn3)C2)c(C)c1. The van der Waals surface area contributed by atoms with Gasteiger partial charge in [0, 0.05) is 50.3 Å². The molecule has 1 aromatic heterocycles. The maximum Gasteiger partial charge on any atom is 0.262 e. The summed E-state index contributed by atoms with van der Waals surface area (Å²) < 4.78 is 29.1. The number of aryl methyl sites for hydroxylation is 2. The van der Waals surface area contributed by atoms with E-state index in [1.54, 1.807) is 10.8 Å². The Labute approximate surface area is 185 Å². The lowest BCUT2D eigenvalue weighted by atomic mass is 9.98. The number of rotatable bonds is 8. The van der Waals surface area contributed by atoms with E-state index in [-0.39, 0.29) is 17.5 Å². The standard InChI is InChI=1S/C22H33N5O3S/c1-5-25-15-21(23-16-25)31(29,30)27-12-8-9-18(14-27)22(28)24-20-11-10-19(13-17(20)4)26(6-2)7-3/h10-11,13,15-16,18H,5-9,12,14H2,1-4H3,(H,24,28). The van der Waals surface area contributed by atoms with Gasteiger partial charge in [-0.1, -0.05) is 0 Å². The van der Waals surface area contributed by atoms with E-state index in [0.29, 0.717) is 25.9 Å². The average Bonchev–Trinajstić information content (AvgIpc) is 3.27. The van der Waals surface area contributed by atoms with Crippen LogP contribution in [0.25, 0.3) is 0 Å². The molecule has 1 atom stereocenters. The average molecular weight is 448 g/mol. The molecular weight excluding hydrogens is 414 g/mol. The summed E-state index contributed by atoms with van der Waals surface area (Å²) in [5.41, 5.74) is 2.88. The van der Waals surface area contributed by atoms with Gasteiger partial charge in [-0.25, -0.2) is 13.4 Å². The molecule has 0 aliphatic carbocycles. The first-order chi connectivity index (χ1) is 14.8. The van der Waals surface area contributed by atoms with E-state index in [1.807, 2.05) is 26.0 Å². The Bertz CT molecular complexity index is 1010. The van der Waals surface area contributed by atoms with Crippen molar-refractivity contribution in [2.24, 2.45) is 5.92 Å². The molecule has 9 heteroatoms. The van der Waals surface area contributed by atoms with Crippen LogP contribution in [0, 0.1) is 12.8 Å². The van der Waals surface area contributed by atoms with Gasteiger partial charge in [0.15, 0.2) is 5.03 Å². The van der Waals surface area contributed by atoms with E-state index in [4.69, 9.17) is 0 Å². The van der Waals surface area contributed by atoms with Crippen LogP contribution in [-0.2, 0) is 21.4 Å². The van der Waals surface area contributed by atoms with Crippen LogP contribution in [0.2, 0.25) is 0 Å². The molecule has 1 fully saturated rings. The molecule has 1 aromatic carbocycles. The lowest BCUT2D eigenvalue weighted by Gasteiger charge is -2.30. The molecule has 0 bridgehead atoms. The van der Waals surface area contributed by atoms with Crippen LogP contribution < -0.4 is 10.2 Å². The fraction of sp³-hybridized carbons (Fsp3) is 0.545. The van der Waals surface area contributed by atoms with Gasteiger partial charge >= 0.3 is 0 Å². The number of nitrogens with one attached hydrogen (secondary N) is 1. The fourth-order valence-electron chi connectivity index (χ4n) is 3.96. The van der Waals surface area contributed by atoms with E-state index in [1.165, 1.54) is 10.6 Å². The van der Waals surface area contributed by atoms with Crippen molar-refractivity contribution in [3.8, 4) is 0 Å². The zero-order chi connectivity index (χ0) is 22.6. The Hall–Kier alpha value is -2.39. The molecule has 8 nitrogen and oxygen atoms in total. The van der Waals surface area contributed by atoms with Gasteiger partial charge in [-0.2, -0.15) is 4.31 Å². The van der Waals surface area contributed by atoms with Gasteiger partial charge < -0.3 is 14.8 Å². The highest BCUT2D eigenvalue weighted by atomic mass is 32.2. The normalized spacial score (nSPS) is 17.5. The van der Waals surface area contributed by atoms with Crippen LogP contribution in [0.4, 0.5) is 11.4 Å². The molecule has 2 heterocycles. The van der Waals surface area contributed by atoms with Crippen molar-refractivity contribution in [2.75, 3.05) is 36.4 Å². The minimum Gasteiger partial charge on any atom is -0.372 e. The molecular formula is C22H33N5O3S. The molecule has 1 amide bonds. The molecule has 1 N–H and O–H groups in total. The number of nitrogens with zero attached hydrogens (tertiary/aromatic N) is 4. The highest BCUT2D eigenvalue weighted by Crippen LogP contribution is 2.26. The molecule has 3 rings (SSSR count). The van der Waals surface area contributed by atoms with Crippen molar-refractivity contribution in [1.82, 2.24) is 13.9 Å². The lowest BCUT2D eigenvalue weighted by Crippen LogP contribution is -2.43. The van der Waals surface area contributed by atoms with Gasteiger partial charge in [0.2, 0.25) is 5.91 Å². The zero-order valence-electron chi connectivity index (χ0n) is 18.8. The molecule has 1 aliphatic heterocycles. The Balaban J connectivity index is 1.70. The molecule has 0 spiro atoms. The first kappa shape index (κ1) is 23.3. The molecule has 31 heavy (non-hydrogen) atoms. The number of aromatic nitrogens is 2. The van der Waals surface area contributed by atoms with Gasteiger partial charge in [-0.15, -0.1) is 0 Å². The molecule has 0 saturated carbocycles. The molecule has 1 unspecified atom stereocenters. The van der Waals surface area contributed by atoms with Crippen LogP contribution in [-0.4, -0.2) is 54.4 Å². The zero-order valence-corrected chi connectivity index (χ0v) is 19.7. The van der Waals surface area contributed by atoms with Crippen molar-refractivity contribution in [2.45, 2.75) is 52.1 Å². The van der Waals surface area contributed by atoms with E-state index >= 15 is 0 Å². The number of imidazole rings is 1. The molecule has 1 saturated heterocycles. The summed E-state index contributed by atoms with van der Waals surface area (Å²) in [7, 11) is -3.70. The Morgan fingerprint density at radius 1 is 1.26 bits per heavy atom. The summed E-state index contributed by atoms with van der Waals surface area (Å²) in [5, 5.41) is 3.05. The Kier molecular flexibility index (Phi) is 7.38. The highest BCUT2D eigenvalue weighted by molar-refractivity contribution is 7.89. The minimum atomic E-state index is -3.70. The van der Waals surface area contributed by atoms with E-state index < -0.39 is 15.9 Å². The molecule has 1 aliphatic rings. The highest BCUT2D eigenvalue weighted by Gasteiger charge is 2.34. The molecule has 0 radical (unpaired) electrons. The quantitative estimate of drug-likeness (QED) is 0.672. The first-order valence-electron chi connectivity index (χ1n) is 11.0. The van der Waals surface area contributed by atoms with Crippen molar-refractivity contribution < 1.29 is 13.2 Å².